The van der Waals surface area contributed by atoms with Gasteiger partial charge >= 0.3 is 0 Å². The fraction of sp³-hybridized carbons (Fsp3) is 0.529. The van der Waals surface area contributed by atoms with E-state index < -0.39 is 6.10 Å². The number of hydrogen-bond donors (Lipinski definition) is 1. The van der Waals surface area contributed by atoms with Crippen molar-refractivity contribution in [2.45, 2.75) is 31.8 Å². The van der Waals surface area contributed by atoms with E-state index in [4.69, 9.17) is 14.0 Å². The van der Waals surface area contributed by atoms with Gasteiger partial charge in [-0.15, -0.1) is 0 Å². The second-order valence-electron chi connectivity index (χ2n) is 6.38. The molecule has 0 spiro atoms. The Kier molecular flexibility index (Phi) is 4.12. The van der Waals surface area contributed by atoms with Gasteiger partial charge in [0.25, 0.3) is 0 Å². The molecule has 128 valence electrons. The molecule has 1 aromatic carbocycles. The molecule has 2 aliphatic rings. The molecule has 0 aliphatic carbocycles. The summed E-state index contributed by atoms with van der Waals surface area (Å²) in [5, 5.41) is 14.4. The molecule has 3 heterocycles. The summed E-state index contributed by atoms with van der Waals surface area (Å²) in [6, 6.07) is 5.61. The maximum absolute atomic E-state index is 10.5. The molecule has 7 nitrogen and oxygen atoms in total. The van der Waals surface area contributed by atoms with Crippen LogP contribution in [0.2, 0.25) is 0 Å². The van der Waals surface area contributed by atoms with Gasteiger partial charge in [-0.1, -0.05) is 11.2 Å². The number of aryl methyl sites for hydroxylation is 1. The summed E-state index contributed by atoms with van der Waals surface area (Å²) in [7, 11) is 0. The van der Waals surface area contributed by atoms with Crippen molar-refractivity contribution in [2.75, 3.05) is 26.4 Å². The minimum absolute atomic E-state index is 0.248. The summed E-state index contributed by atoms with van der Waals surface area (Å²) in [5.74, 6) is 3.19. The number of piperidine rings is 1. The third-order valence-corrected chi connectivity index (χ3v) is 4.69. The lowest BCUT2D eigenvalue weighted by molar-refractivity contribution is 0.0940. The molecule has 2 aromatic rings. The standard InChI is InChI=1S/C17H21N3O4/c1-11-18-17(24-19-11)12-4-6-20(7-5-12)9-14(21)13-2-3-15-16(8-13)23-10-22-15/h2-3,8,12,14,21H,4-7,9-10H2,1H3. The Balaban J connectivity index is 1.33. The number of hydrogen-bond acceptors (Lipinski definition) is 7. The van der Waals surface area contributed by atoms with Crippen molar-refractivity contribution in [3.8, 4) is 11.5 Å². The molecule has 0 saturated carbocycles. The summed E-state index contributed by atoms with van der Waals surface area (Å²) >= 11 is 0. The zero-order valence-electron chi connectivity index (χ0n) is 13.6. The lowest BCUT2D eigenvalue weighted by atomic mass is 9.96. The quantitative estimate of drug-likeness (QED) is 0.918. The Bertz CT molecular complexity index is 710. The summed E-state index contributed by atoms with van der Waals surface area (Å²) in [4.78, 5) is 6.60. The molecule has 1 unspecified atom stereocenters. The van der Waals surface area contributed by atoms with E-state index in [0.29, 0.717) is 24.0 Å². The number of ether oxygens (including phenoxy) is 2. The second kappa shape index (κ2) is 6.41. The predicted octanol–water partition coefficient (Wildman–Crippen LogP) is 2.02. The first-order valence-electron chi connectivity index (χ1n) is 8.29. The van der Waals surface area contributed by atoms with Gasteiger partial charge in [0, 0.05) is 12.5 Å². The monoisotopic (exact) mass is 331 g/mol. The number of fused-ring (bicyclic) bond motifs is 1. The maximum Gasteiger partial charge on any atom is 0.231 e. The number of nitrogens with zero attached hydrogens (tertiary/aromatic N) is 3. The van der Waals surface area contributed by atoms with Gasteiger partial charge in [0.15, 0.2) is 17.3 Å². The van der Waals surface area contributed by atoms with Crippen LogP contribution in [0.25, 0.3) is 0 Å². The van der Waals surface area contributed by atoms with Crippen molar-refractivity contribution in [1.82, 2.24) is 15.0 Å². The third-order valence-electron chi connectivity index (χ3n) is 4.69. The van der Waals surface area contributed by atoms with Crippen molar-refractivity contribution in [2.24, 2.45) is 0 Å². The number of likely N-dealkylation sites (tertiary alicyclic amines) is 1. The fourth-order valence-electron chi connectivity index (χ4n) is 3.31. The molecule has 0 amide bonds. The van der Waals surface area contributed by atoms with Gasteiger partial charge in [0.1, 0.15) is 0 Å². The number of aliphatic hydroxyl groups is 1. The molecular formula is C17H21N3O4. The molecule has 2 aliphatic heterocycles. The van der Waals surface area contributed by atoms with Crippen LogP contribution in [0.4, 0.5) is 0 Å². The van der Waals surface area contributed by atoms with Crippen LogP contribution in [0.5, 0.6) is 11.5 Å². The summed E-state index contributed by atoms with van der Waals surface area (Å²) in [5.41, 5.74) is 0.855. The summed E-state index contributed by atoms with van der Waals surface area (Å²) in [6.07, 6.45) is 1.40. The second-order valence-corrected chi connectivity index (χ2v) is 6.38. The number of β-amino-alcohol motifs (C(OH)–C–C–N with tert-alkyl or cyclic N) is 1. The highest BCUT2D eigenvalue weighted by Crippen LogP contribution is 2.35. The Labute approximate surface area is 140 Å². The van der Waals surface area contributed by atoms with E-state index in [1.54, 1.807) is 0 Å². The highest BCUT2D eigenvalue weighted by atomic mass is 16.7. The molecule has 4 rings (SSSR count). The minimum Gasteiger partial charge on any atom is -0.454 e. The van der Waals surface area contributed by atoms with E-state index in [-0.39, 0.29) is 6.79 Å². The van der Waals surface area contributed by atoms with Crippen LogP contribution in [0.1, 0.15) is 42.1 Å². The number of aliphatic hydroxyl groups excluding tert-OH is 1. The first kappa shape index (κ1) is 15.4. The van der Waals surface area contributed by atoms with Crippen molar-refractivity contribution in [1.29, 1.82) is 0 Å². The van der Waals surface area contributed by atoms with Gasteiger partial charge in [-0.3, -0.25) is 0 Å². The van der Waals surface area contributed by atoms with Crippen LogP contribution >= 0.6 is 0 Å². The molecule has 24 heavy (non-hydrogen) atoms. The van der Waals surface area contributed by atoms with E-state index in [1.807, 2.05) is 25.1 Å². The molecule has 1 atom stereocenters. The van der Waals surface area contributed by atoms with Crippen molar-refractivity contribution in [3.05, 3.63) is 35.5 Å². The normalized spacial score (nSPS) is 19.6. The van der Waals surface area contributed by atoms with Crippen LogP contribution in [-0.4, -0.2) is 46.6 Å². The zero-order valence-corrected chi connectivity index (χ0v) is 13.6. The molecule has 7 heteroatoms. The Hall–Kier alpha value is -2.12. The van der Waals surface area contributed by atoms with Gasteiger partial charge in [-0.05, 0) is 50.6 Å². The third kappa shape index (κ3) is 3.09. The maximum atomic E-state index is 10.5. The Morgan fingerprint density at radius 2 is 2.04 bits per heavy atom. The van der Waals surface area contributed by atoms with E-state index >= 15 is 0 Å². The first-order valence-corrected chi connectivity index (χ1v) is 8.29. The summed E-state index contributed by atoms with van der Waals surface area (Å²) < 4.78 is 16.0. The first-order chi connectivity index (χ1) is 11.7. The van der Waals surface area contributed by atoms with Crippen LogP contribution in [-0.2, 0) is 0 Å². The average molecular weight is 331 g/mol. The van der Waals surface area contributed by atoms with Crippen LogP contribution in [0.15, 0.2) is 22.7 Å². The van der Waals surface area contributed by atoms with Crippen LogP contribution in [0, 0.1) is 6.92 Å². The molecule has 0 radical (unpaired) electrons. The molecule has 1 fully saturated rings. The fourth-order valence-corrected chi connectivity index (χ4v) is 3.31. The Morgan fingerprint density at radius 3 is 2.79 bits per heavy atom. The van der Waals surface area contributed by atoms with Gasteiger partial charge in [-0.2, -0.15) is 4.98 Å². The van der Waals surface area contributed by atoms with Crippen LogP contribution < -0.4 is 9.47 Å². The average Bonchev–Trinajstić information content (AvgIpc) is 3.23. The molecule has 1 aromatic heterocycles. The Morgan fingerprint density at radius 1 is 1.25 bits per heavy atom. The highest BCUT2D eigenvalue weighted by molar-refractivity contribution is 5.45. The lowest BCUT2D eigenvalue weighted by Gasteiger charge is -2.31. The van der Waals surface area contributed by atoms with Crippen LogP contribution in [0.3, 0.4) is 0 Å². The van der Waals surface area contributed by atoms with Gasteiger partial charge < -0.3 is 24.0 Å². The number of aromatic nitrogens is 2. The summed E-state index contributed by atoms with van der Waals surface area (Å²) in [6.45, 7) is 4.51. The van der Waals surface area contributed by atoms with Crippen molar-refractivity contribution in [3.63, 3.8) is 0 Å². The van der Waals surface area contributed by atoms with Gasteiger partial charge in [0.05, 0.1) is 6.10 Å². The smallest absolute Gasteiger partial charge is 0.231 e. The van der Waals surface area contributed by atoms with Gasteiger partial charge in [-0.25, -0.2) is 0 Å². The van der Waals surface area contributed by atoms with Gasteiger partial charge in [0.2, 0.25) is 12.7 Å². The highest BCUT2D eigenvalue weighted by Gasteiger charge is 2.26. The van der Waals surface area contributed by atoms with Crippen molar-refractivity contribution < 1.29 is 19.1 Å². The van der Waals surface area contributed by atoms with E-state index in [9.17, 15) is 5.11 Å². The number of rotatable bonds is 4. The van der Waals surface area contributed by atoms with E-state index in [2.05, 4.69) is 15.0 Å². The number of benzene rings is 1. The SMILES string of the molecule is Cc1noc(C2CCN(CC(O)c3ccc4c(c3)OCO4)CC2)n1. The minimum atomic E-state index is -0.540. The molecular weight excluding hydrogens is 310 g/mol. The lowest BCUT2D eigenvalue weighted by Crippen LogP contribution is -2.36. The molecule has 0 bridgehead atoms. The predicted molar refractivity (Wildman–Crippen MR) is 85.0 cm³/mol. The van der Waals surface area contributed by atoms with E-state index in [0.717, 1.165) is 43.1 Å². The zero-order chi connectivity index (χ0) is 16.5. The molecule has 1 N–H and O–H groups in total. The van der Waals surface area contributed by atoms with Crippen molar-refractivity contribution >= 4 is 0 Å². The van der Waals surface area contributed by atoms with E-state index in [1.165, 1.54) is 0 Å². The molecule has 1 saturated heterocycles. The topological polar surface area (TPSA) is 80.9 Å². The largest absolute Gasteiger partial charge is 0.454 e.